The Morgan fingerprint density at radius 1 is 1.08 bits per heavy atom. The average Bonchev–Trinajstić information content (AvgIpc) is 2.51. The molecular formula is C18H20Cl2N2O2. The Balaban J connectivity index is 1.78. The lowest BCUT2D eigenvalue weighted by Crippen LogP contribution is -2.29. The number of halogens is 2. The lowest BCUT2D eigenvalue weighted by atomic mass is 10.2. The van der Waals surface area contributed by atoms with Gasteiger partial charge in [-0.05, 0) is 49.7 Å². The molecule has 2 aromatic carbocycles. The Kier molecular flexibility index (Phi) is 6.76. The van der Waals surface area contributed by atoms with Gasteiger partial charge in [0.2, 0.25) is 5.91 Å². The van der Waals surface area contributed by atoms with Gasteiger partial charge >= 0.3 is 0 Å². The molecule has 1 amide bonds. The van der Waals surface area contributed by atoms with Crippen LogP contribution in [0.3, 0.4) is 0 Å². The van der Waals surface area contributed by atoms with Gasteiger partial charge in [0, 0.05) is 22.3 Å². The van der Waals surface area contributed by atoms with Crippen LogP contribution in [-0.4, -0.2) is 18.6 Å². The second kappa shape index (κ2) is 8.81. The van der Waals surface area contributed by atoms with E-state index in [2.05, 4.69) is 10.6 Å². The Bertz CT molecular complexity index is 668. The van der Waals surface area contributed by atoms with Gasteiger partial charge < -0.3 is 15.4 Å². The SMILES string of the molecule is CC(C)Oc1ccc(CNC(=O)CNc2cc(Cl)cc(Cl)c2)cc1. The second-order valence-electron chi connectivity index (χ2n) is 5.60. The number of ether oxygens (including phenoxy) is 1. The van der Waals surface area contributed by atoms with E-state index in [1.807, 2.05) is 38.1 Å². The summed E-state index contributed by atoms with van der Waals surface area (Å²) < 4.78 is 5.58. The number of anilines is 1. The number of carbonyl (C=O) groups is 1. The standard InChI is InChI=1S/C18H20Cl2N2O2/c1-12(2)24-17-5-3-13(4-6-17)10-22-18(23)11-21-16-8-14(19)7-15(20)9-16/h3-9,12,21H,10-11H2,1-2H3,(H,22,23). The monoisotopic (exact) mass is 366 g/mol. The summed E-state index contributed by atoms with van der Waals surface area (Å²) in [7, 11) is 0. The maximum absolute atomic E-state index is 11.9. The van der Waals surface area contributed by atoms with Crippen molar-refractivity contribution >= 4 is 34.8 Å². The molecule has 128 valence electrons. The number of carbonyl (C=O) groups excluding carboxylic acids is 1. The van der Waals surface area contributed by atoms with Crippen molar-refractivity contribution in [2.45, 2.75) is 26.5 Å². The van der Waals surface area contributed by atoms with E-state index in [1.54, 1.807) is 18.2 Å². The number of benzene rings is 2. The molecule has 0 bridgehead atoms. The molecule has 0 saturated heterocycles. The van der Waals surface area contributed by atoms with E-state index in [9.17, 15) is 4.79 Å². The number of rotatable bonds is 7. The van der Waals surface area contributed by atoms with E-state index >= 15 is 0 Å². The molecule has 0 saturated carbocycles. The van der Waals surface area contributed by atoms with Crippen LogP contribution in [0.15, 0.2) is 42.5 Å². The van der Waals surface area contributed by atoms with Gasteiger partial charge in [0.15, 0.2) is 0 Å². The summed E-state index contributed by atoms with van der Waals surface area (Å²) in [6, 6.07) is 12.7. The normalized spacial score (nSPS) is 10.5. The van der Waals surface area contributed by atoms with Gasteiger partial charge in [-0.25, -0.2) is 0 Å². The molecule has 0 aliphatic heterocycles. The first-order valence-corrected chi connectivity index (χ1v) is 8.40. The molecule has 2 N–H and O–H groups in total. The summed E-state index contributed by atoms with van der Waals surface area (Å²) in [6.07, 6.45) is 0.140. The van der Waals surface area contributed by atoms with Crippen LogP contribution in [0.2, 0.25) is 10.0 Å². The third-order valence-electron chi connectivity index (χ3n) is 3.10. The molecule has 24 heavy (non-hydrogen) atoms. The van der Waals surface area contributed by atoms with Gasteiger partial charge in [0.25, 0.3) is 0 Å². The Morgan fingerprint density at radius 2 is 1.71 bits per heavy atom. The third-order valence-corrected chi connectivity index (χ3v) is 3.54. The second-order valence-corrected chi connectivity index (χ2v) is 6.47. The highest BCUT2D eigenvalue weighted by Gasteiger charge is 2.04. The minimum atomic E-state index is -0.117. The molecule has 0 aromatic heterocycles. The summed E-state index contributed by atoms with van der Waals surface area (Å²) >= 11 is 11.8. The molecule has 6 heteroatoms. The fourth-order valence-electron chi connectivity index (χ4n) is 2.06. The van der Waals surface area contributed by atoms with Crippen molar-refractivity contribution in [2.75, 3.05) is 11.9 Å². The van der Waals surface area contributed by atoms with Gasteiger partial charge in [0.1, 0.15) is 5.75 Å². The van der Waals surface area contributed by atoms with Crippen LogP contribution in [0.1, 0.15) is 19.4 Å². The summed E-state index contributed by atoms with van der Waals surface area (Å²) in [6.45, 7) is 4.56. The van der Waals surface area contributed by atoms with E-state index in [1.165, 1.54) is 0 Å². The first kappa shape index (κ1) is 18.4. The topological polar surface area (TPSA) is 50.4 Å². The first-order valence-electron chi connectivity index (χ1n) is 7.64. The highest BCUT2D eigenvalue weighted by atomic mass is 35.5. The average molecular weight is 367 g/mol. The van der Waals surface area contributed by atoms with Crippen molar-refractivity contribution in [3.8, 4) is 5.75 Å². The van der Waals surface area contributed by atoms with Crippen molar-refractivity contribution in [1.29, 1.82) is 0 Å². The lowest BCUT2D eigenvalue weighted by molar-refractivity contribution is -0.119. The van der Waals surface area contributed by atoms with E-state index in [-0.39, 0.29) is 18.6 Å². The predicted molar refractivity (Wildman–Crippen MR) is 99.0 cm³/mol. The smallest absolute Gasteiger partial charge is 0.239 e. The molecule has 2 rings (SSSR count). The summed E-state index contributed by atoms with van der Waals surface area (Å²) in [5, 5.41) is 6.89. The Morgan fingerprint density at radius 3 is 2.29 bits per heavy atom. The first-order chi connectivity index (χ1) is 11.4. The molecule has 0 spiro atoms. The predicted octanol–water partition coefficient (Wildman–Crippen LogP) is 4.51. The van der Waals surface area contributed by atoms with Gasteiger partial charge in [-0.3, -0.25) is 4.79 Å². The molecule has 0 fully saturated rings. The minimum Gasteiger partial charge on any atom is -0.491 e. The van der Waals surface area contributed by atoms with Crippen LogP contribution in [0, 0.1) is 0 Å². The van der Waals surface area contributed by atoms with Crippen LogP contribution < -0.4 is 15.4 Å². The fourth-order valence-corrected chi connectivity index (χ4v) is 2.59. The zero-order chi connectivity index (χ0) is 17.5. The molecule has 4 nitrogen and oxygen atoms in total. The van der Waals surface area contributed by atoms with Gasteiger partial charge in [0.05, 0.1) is 12.6 Å². The molecule has 0 heterocycles. The van der Waals surface area contributed by atoms with Crippen LogP contribution >= 0.6 is 23.2 Å². The number of nitrogens with one attached hydrogen (secondary N) is 2. The summed E-state index contributed by atoms with van der Waals surface area (Å²) in [5.41, 5.74) is 1.71. The van der Waals surface area contributed by atoms with Crippen molar-refractivity contribution in [3.63, 3.8) is 0 Å². The van der Waals surface area contributed by atoms with Crippen LogP contribution in [0.5, 0.6) is 5.75 Å². The van der Waals surface area contributed by atoms with Crippen LogP contribution in [0.25, 0.3) is 0 Å². The Hall–Kier alpha value is -1.91. The molecule has 0 aliphatic rings. The summed E-state index contributed by atoms with van der Waals surface area (Å²) in [5.74, 6) is 0.702. The van der Waals surface area contributed by atoms with Gasteiger partial charge in [-0.2, -0.15) is 0 Å². The van der Waals surface area contributed by atoms with Crippen LogP contribution in [-0.2, 0) is 11.3 Å². The van der Waals surface area contributed by atoms with Crippen molar-refractivity contribution in [3.05, 3.63) is 58.1 Å². The molecule has 0 atom stereocenters. The number of hydrogen-bond donors (Lipinski definition) is 2. The lowest BCUT2D eigenvalue weighted by Gasteiger charge is -2.11. The van der Waals surface area contributed by atoms with Crippen molar-refractivity contribution in [2.24, 2.45) is 0 Å². The van der Waals surface area contributed by atoms with E-state index in [4.69, 9.17) is 27.9 Å². The molecular weight excluding hydrogens is 347 g/mol. The maximum Gasteiger partial charge on any atom is 0.239 e. The van der Waals surface area contributed by atoms with E-state index < -0.39 is 0 Å². The van der Waals surface area contributed by atoms with E-state index in [0.29, 0.717) is 22.3 Å². The molecule has 0 unspecified atom stereocenters. The highest BCUT2D eigenvalue weighted by Crippen LogP contribution is 2.22. The summed E-state index contributed by atoms with van der Waals surface area (Å²) in [4.78, 5) is 11.9. The quantitative estimate of drug-likeness (QED) is 0.757. The fraction of sp³-hybridized carbons (Fsp3) is 0.278. The van der Waals surface area contributed by atoms with Crippen molar-refractivity contribution < 1.29 is 9.53 Å². The largest absolute Gasteiger partial charge is 0.491 e. The minimum absolute atomic E-state index is 0.117. The third kappa shape index (κ3) is 6.30. The Labute approximate surface area is 152 Å². The number of amides is 1. The highest BCUT2D eigenvalue weighted by molar-refractivity contribution is 6.35. The van der Waals surface area contributed by atoms with Gasteiger partial charge in [-0.1, -0.05) is 35.3 Å². The number of hydrogen-bond acceptors (Lipinski definition) is 3. The molecule has 0 radical (unpaired) electrons. The molecule has 2 aromatic rings. The maximum atomic E-state index is 11.9. The van der Waals surface area contributed by atoms with Gasteiger partial charge in [-0.15, -0.1) is 0 Å². The van der Waals surface area contributed by atoms with E-state index in [0.717, 1.165) is 11.3 Å². The zero-order valence-electron chi connectivity index (χ0n) is 13.6. The zero-order valence-corrected chi connectivity index (χ0v) is 15.1. The van der Waals surface area contributed by atoms with Crippen LogP contribution in [0.4, 0.5) is 5.69 Å². The molecule has 0 aliphatic carbocycles. The van der Waals surface area contributed by atoms with Crippen molar-refractivity contribution in [1.82, 2.24) is 5.32 Å².